The molecule has 1 N–H and O–H groups in total. The molecule has 0 aromatic carbocycles. The summed E-state index contributed by atoms with van der Waals surface area (Å²) in [5.74, 6) is -0.764. The number of hydrogen-bond acceptors (Lipinski definition) is 3. The Balaban J connectivity index is 1.93. The van der Waals surface area contributed by atoms with E-state index in [1.807, 2.05) is 6.08 Å². The van der Waals surface area contributed by atoms with Crippen molar-refractivity contribution >= 4 is 11.9 Å². The van der Waals surface area contributed by atoms with E-state index in [9.17, 15) is 9.59 Å². The second-order valence-electron chi connectivity index (χ2n) is 5.54. The van der Waals surface area contributed by atoms with Crippen LogP contribution in [0.4, 0.5) is 0 Å². The van der Waals surface area contributed by atoms with Gasteiger partial charge < -0.3 is 14.7 Å². The lowest BCUT2D eigenvalue weighted by Crippen LogP contribution is -2.42. The average molecular weight is 281 g/mol. The van der Waals surface area contributed by atoms with Crippen LogP contribution >= 0.6 is 0 Å². The minimum atomic E-state index is -0.862. The lowest BCUT2D eigenvalue weighted by Gasteiger charge is -2.29. The number of carbonyl (C=O) groups excluding carboxylic acids is 1. The Bertz CT molecular complexity index is 374. The zero-order valence-electron chi connectivity index (χ0n) is 11.8. The van der Waals surface area contributed by atoms with Crippen LogP contribution in [-0.2, 0) is 14.3 Å². The van der Waals surface area contributed by atoms with E-state index in [0.717, 1.165) is 38.7 Å². The molecule has 1 saturated heterocycles. The Morgan fingerprint density at radius 3 is 2.75 bits per heavy atom. The van der Waals surface area contributed by atoms with Crippen molar-refractivity contribution in [1.82, 2.24) is 4.90 Å². The van der Waals surface area contributed by atoms with Crippen molar-refractivity contribution in [1.29, 1.82) is 0 Å². The molecule has 2 atom stereocenters. The predicted molar refractivity (Wildman–Crippen MR) is 74.3 cm³/mol. The molecule has 2 aliphatic rings. The van der Waals surface area contributed by atoms with Gasteiger partial charge in [-0.2, -0.15) is 0 Å². The molecule has 1 amide bonds. The molecule has 5 heteroatoms. The molecular weight excluding hydrogens is 258 g/mol. The molecule has 112 valence electrons. The van der Waals surface area contributed by atoms with Crippen molar-refractivity contribution in [2.24, 2.45) is 5.92 Å². The Hall–Kier alpha value is -1.36. The number of carbonyl (C=O) groups is 2. The summed E-state index contributed by atoms with van der Waals surface area (Å²) in [6.45, 7) is 1.57. The van der Waals surface area contributed by atoms with Crippen molar-refractivity contribution in [3.63, 3.8) is 0 Å². The minimum absolute atomic E-state index is 0.00101. The molecule has 1 heterocycles. The third-order valence-electron chi connectivity index (χ3n) is 3.97. The van der Waals surface area contributed by atoms with Crippen LogP contribution in [0.3, 0.4) is 0 Å². The number of hydrogen-bond donors (Lipinski definition) is 1. The van der Waals surface area contributed by atoms with Crippen LogP contribution in [0, 0.1) is 5.92 Å². The van der Waals surface area contributed by atoms with E-state index in [0.29, 0.717) is 6.54 Å². The topological polar surface area (TPSA) is 66.8 Å². The lowest BCUT2D eigenvalue weighted by atomic mass is 9.93. The van der Waals surface area contributed by atoms with E-state index in [1.165, 1.54) is 0 Å². The van der Waals surface area contributed by atoms with Crippen molar-refractivity contribution in [2.75, 3.05) is 19.7 Å². The first-order valence-corrected chi connectivity index (χ1v) is 7.44. The summed E-state index contributed by atoms with van der Waals surface area (Å²) in [5.41, 5.74) is 0. The number of ether oxygens (including phenoxy) is 1. The molecule has 20 heavy (non-hydrogen) atoms. The molecule has 0 spiro atoms. The first-order chi connectivity index (χ1) is 9.66. The second-order valence-corrected chi connectivity index (χ2v) is 5.54. The third-order valence-corrected chi connectivity index (χ3v) is 3.97. The highest BCUT2D eigenvalue weighted by atomic mass is 16.5. The largest absolute Gasteiger partial charge is 0.481 e. The molecule has 5 nitrogen and oxygen atoms in total. The van der Waals surface area contributed by atoms with Crippen molar-refractivity contribution < 1.29 is 19.4 Å². The number of amides is 1. The molecule has 1 aliphatic carbocycles. The van der Waals surface area contributed by atoms with Crippen molar-refractivity contribution in [3.05, 3.63) is 12.2 Å². The molecule has 0 aromatic heterocycles. The zero-order valence-corrected chi connectivity index (χ0v) is 11.8. The second kappa shape index (κ2) is 7.43. The van der Waals surface area contributed by atoms with Gasteiger partial charge in [0.2, 0.25) is 5.91 Å². The van der Waals surface area contributed by atoms with Crippen LogP contribution in [0.15, 0.2) is 12.2 Å². The molecule has 2 rings (SSSR count). The maximum Gasteiger partial charge on any atom is 0.305 e. The van der Waals surface area contributed by atoms with Crippen LogP contribution in [0.5, 0.6) is 0 Å². The van der Waals surface area contributed by atoms with Crippen LogP contribution in [-0.4, -0.2) is 47.7 Å². The van der Waals surface area contributed by atoms with Gasteiger partial charge in [-0.1, -0.05) is 12.2 Å². The fraction of sp³-hybridized carbons (Fsp3) is 0.733. The van der Waals surface area contributed by atoms with E-state index < -0.39 is 5.97 Å². The van der Waals surface area contributed by atoms with E-state index in [4.69, 9.17) is 9.84 Å². The summed E-state index contributed by atoms with van der Waals surface area (Å²) < 4.78 is 5.57. The van der Waals surface area contributed by atoms with Gasteiger partial charge in [0.15, 0.2) is 0 Å². The van der Waals surface area contributed by atoms with E-state index >= 15 is 0 Å². The van der Waals surface area contributed by atoms with Crippen LogP contribution in [0.2, 0.25) is 0 Å². The van der Waals surface area contributed by atoms with E-state index in [1.54, 1.807) is 4.90 Å². The molecule has 0 radical (unpaired) electrons. The molecule has 1 fully saturated rings. The molecule has 0 bridgehead atoms. The highest BCUT2D eigenvalue weighted by molar-refractivity contribution is 5.80. The third kappa shape index (κ3) is 4.34. The number of allylic oxidation sites excluding steroid dienone is 2. The van der Waals surface area contributed by atoms with Gasteiger partial charge in [-0.3, -0.25) is 9.59 Å². The first kappa shape index (κ1) is 15.0. The summed E-state index contributed by atoms with van der Waals surface area (Å²) in [4.78, 5) is 25.0. The normalized spacial score (nSPS) is 25.6. The number of carboxylic acid groups (broad SMARTS) is 1. The zero-order chi connectivity index (χ0) is 14.4. The predicted octanol–water partition coefficient (Wildman–Crippen LogP) is 1.82. The Kier molecular flexibility index (Phi) is 5.59. The Morgan fingerprint density at radius 2 is 2.15 bits per heavy atom. The van der Waals surface area contributed by atoms with Gasteiger partial charge in [-0.05, 0) is 32.1 Å². The standard InChI is InChI=1S/C15H23NO4/c17-14(18)8-9-16(11-13-7-4-10-20-13)15(19)12-5-2-1-3-6-12/h1-2,12-13H,3-11H2,(H,17,18)/t12-,13-/m1/s1. The molecule has 1 aliphatic heterocycles. The Morgan fingerprint density at radius 1 is 1.30 bits per heavy atom. The van der Waals surface area contributed by atoms with Crippen LogP contribution in [0.25, 0.3) is 0 Å². The fourth-order valence-corrected chi connectivity index (χ4v) is 2.83. The maximum atomic E-state index is 12.5. The smallest absolute Gasteiger partial charge is 0.305 e. The maximum absolute atomic E-state index is 12.5. The van der Waals surface area contributed by atoms with Crippen LogP contribution in [0.1, 0.15) is 38.5 Å². The average Bonchev–Trinajstić information content (AvgIpc) is 2.96. The fourth-order valence-electron chi connectivity index (χ4n) is 2.83. The summed E-state index contributed by atoms with van der Waals surface area (Å²) in [6, 6.07) is 0. The summed E-state index contributed by atoms with van der Waals surface area (Å²) in [5, 5.41) is 8.83. The van der Waals surface area contributed by atoms with Crippen molar-refractivity contribution in [2.45, 2.75) is 44.6 Å². The minimum Gasteiger partial charge on any atom is -0.481 e. The highest BCUT2D eigenvalue weighted by Crippen LogP contribution is 2.22. The summed E-state index contributed by atoms with van der Waals surface area (Å²) >= 11 is 0. The molecular formula is C15H23NO4. The van der Waals surface area contributed by atoms with Gasteiger partial charge in [0.25, 0.3) is 0 Å². The van der Waals surface area contributed by atoms with Gasteiger partial charge in [-0.25, -0.2) is 0 Å². The number of nitrogens with zero attached hydrogens (tertiary/aromatic N) is 1. The highest BCUT2D eigenvalue weighted by Gasteiger charge is 2.28. The molecule has 0 unspecified atom stereocenters. The van der Waals surface area contributed by atoms with Gasteiger partial charge in [0.05, 0.1) is 12.5 Å². The number of aliphatic carboxylic acids is 1. The monoisotopic (exact) mass is 281 g/mol. The lowest BCUT2D eigenvalue weighted by molar-refractivity contribution is -0.140. The summed E-state index contributed by atoms with van der Waals surface area (Å²) in [7, 11) is 0. The van der Waals surface area contributed by atoms with E-state index in [2.05, 4.69) is 6.08 Å². The Labute approximate surface area is 119 Å². The molecule has 0 saturated carbocycles. The van der Waals surface area contributed by atoms with E-state index in [-0.39, 0.29) is 30.9 Å². The van der Waals surface area contributed by atoms with Gasteiger partial charge in [0, 0.05) is 25.6 Å². The SMILES string of the molecule is O=C(O)CCN(C[C@H]1CCCO1)C(=O)[C@@H]1CC=CCC1. The van der Waals surface area contributed by atoms with Gasteiger partial charge in [0.1, 0.15) is 0 Å². The quantitative estimate of drug-likeness (QED) is 0.754. The number of rotatable bonds is 6. The van der Waals surface area contributed by atoms with Gasteiger partial charge in [-0.15, -0.1) is 0 Å². The first-order valence-electron chi connectivity index (χ1n) is 7.44. The summed E-state index contributed by atoms with van der Waals surface area (Å²) in [6.07, 6.45) is 8.78. The van der Waals surface area contributed by atoms with Crippen LogP contribution < -0.4 is 0 Å². The van der Waals surface area contributed by atoms with Crippen molar-refractivity contribution in [3.8, 4) is 0 Å². The van der Waals surface area contributed by atoms with Gasteiger partial charge >= 0.3 is 5.97 Å². The molecule has 0 aromatic rings. The number of carboxylic acids is 1.